The molecule has 26 heavy (non-hydrogen) atoms. The van der Waals surface area contributed by atoms with Crippen molar-refractivity contribution in [2.24, 2.45) is 0 Å². The summed E-state index contributed by atoms with van der Waals surface area (Å²) in [4.78, 5) is 11.3. The second kappa shape index (κ2) is 15.8. The van der Waals surface area contributed by atoms with Crippen molar-refractivity contribution >= 4 is 5.97 Å². The lowest BCUT2D eigenvalue weighted by Crippen LogP contribution is -1.99. The van der Waals surface area contributed by atoms with E-state index in [0.29, 0.717) is 12.6 Å². The highest BCUT2D eigenvalue weighted by Gasteiger charge is 2.11. The van der Waals surface area contributed by atoms with Gasteiger partial charge in [-0.1, -0.05) is 90.4 Å². The van der Waals surface area contributed by atoms with Crippen LogP contribution in [-0.4, -0.2) is 19.7 Å². The minimum atomic E-state index is -0.476. The number of hydrogen-bond donors (Lipinski definition) is 0. The van der Waals surface area contributed by atoms with Crippen molar-refractivity contribution in [3.05, 3.63) is 17.9 Å². The predicted octanol–water partition coefficient (Wildman–Crippen LogP) is 6.93. The van der Waals surface area contributed by atoms with Crippen molar-refractivity contribution in [3.63, 3.8) is 0 Å². The summed E-state index contributed by atoms with van der Waals surface area (Å²) in [6.07, 6.45) is 18.8. The fraction of sp³-hybridized carbons (Fsp3) is 0.773. The molecule has 0 spiro atoms. The van der Waals surface area contributed by atoms with Crippen molar-refractivity contribution in [1.82, 2.24) is 0 Å². The number of unbranched alkanes of at least 4 members (excludes halogenated alkanes) is 13. The van der Waals surface area contributed by atoms with Crippen LogP contribution < -0.4 is 4.74 Å². The van der Waals surface area contributed by atoms with Gasteiger partial charge in [-0.05, 0) is 12.5 Å². The maximum absolute atomic E-state index is 11.3. The average Bonchev–Trinajstić information content (AvgIpc) is 3.13. The number of ether oxygens (including phenoxy) is 2. The van der Waals surface area contributed by atoms with Gasteiger partial charge in [-0.15, -0.1) is 0 Å². The molecule has 0 atom stereocenters. The molecular weight excluding hydrogens is 328 g/mol. The SMILES string of the molecule is CCCCCCCCCCCCCCCCOc1ccc(C(=O)OC)o1. The van der Waals surface area contributed by atoms with Gasteiger partial charge in [0.25, 0.3) is 5.95 Å². The lowest BCUT2D eigenvalue weighted by atomic mass is 10.0. The first kappa shape index (κ1) is 22.6. The Morgan fingerprint density at radius 2 is 1.31 bits per heavy atom. The van der Waals surface area contributed by atoms with E-state index in [9.17, 15) is 4.79 Å². The van der Waals surface area contributed by atoms with E-state index in [0.717, 1.165) is 6.42 Å². The topological polar surface area (TPSA) is 48.7 Å². The summed E-state index contributed by atoms with van der Waals surface area (Å²) in [5, 5.41) is 0. The molecule has 0 aromatic carbocycles. The molecule has 0 amide bonds. The molecule has 1 rings (SSSR count). The van der Waals surface area contributed by atoms with Gasteiger partial charge in [0.05, 0.1) is 13.7 Å². The van der Waals surface area contributed by atoms with Crippen LogP contribution in [0.2, 0.25) is 0 Å². The van der Waals surface area contributed by atoms with E-state index >= 15 is 0 Å². The first-order valence-corrected chi connectivity index (χ1v) is 10.6. The Bertz CT molecular complexity index is 453. The Labute approximate surface area is 159 Å². The molecule has 0 aliphatic carbocycles. The molecule has 0 aliphatic rings. The minimum Gasteiger partial charge on any atom is -0.465 e. The van der Waals surface area contributed by atoms with Crippen molar-refractivity contribution < 1.29 is 18.7 Å². The average molecular weight is 367 g/mol. The van der Waals surface area contributed by atoms with Crippen LogP contribution in [0.15, 0.2) is 16.5 Å². The fourth-order valence-electron chi connectivity index (χ4n) is 3.08. The van der Waals surface area contributed by atoms with Gasteiger partial charge in [0.1, 0.15) is 0 Å². The molecule has 1 aromatic rings. The third-order valence-electron chi connectivity index (χ3n) is 4.71. The third-order valence-corrected chi connectivity index (χ3v) is 4.71. The highest BCUT2D eigenvalue weighted by Crippen LogP contribution is 2.17. The minimum absolute atomic E-state index is 0.184. The molecule has 0 saturated heterocycles. The number of esters is 1. The zero-order valence-electron chi connectivity index (χ0n) is 16.9. The second-order valence-corrected chi connectivity index (χ2v) is 7.05. The van der Waals surface area contributed by atoms with Gasteiger partial charge in [0, 0.05) is 6.07 Å². The quantitative estimate of drug-likeness (QED) is 0.222. The Morgan fingerprint density at radius 3 is 1.81 bits per heavy atom. The Kier molecular flexibility index (Phi) is 13.7. The van der Waals surface area contributed by atoms with Crippen LogP contribution in [0.5, 0.6) is 5.95 Å². The monoisotopic (exact) mass is 366 g/mol. The van der Waals surface area contributed by atoms with Crippen LogP contribution in [0.1, 0.15) is 107 Å². The molecule has 0 fully saturated rings. The summed E-state index contributed by atoms with van der Waals surface area (Å²) in [6, 6.07) is 3.24. The van der Waals surface area contributed by atoms with Gasteiger partial charge < -0.3 is 13.9 Å². The van der Waals surface area contributed by atoms with Gasteiger partial charge in [0.15, 0.2) is 0 Å². The first-order valence-electron chi connectivity index (χ1n) is 10.6. The lowest BCUT2D eigenvalue weighted by molar-refractivity contribution is 0.0556. The first-order chi connectivity index (χ1) is 12.8. The van der Waals surface area contributed by atoms with Crippen LogP contribution in [0.4, 0.5) is 0 Å². The highest BCUT2D eigenvalue weighted by atomic mass is 16.6. The van der Waals surface area contributed by atoms with Crippen molar-refractivity contribution in [1.29, 1.82) is 0 Å². The van der Waals surface area contributed by atoms with E-state index < -0.39 is 5.97 Å². The molecule has 4 heteroatoms. The van der Waals surface area contributed by atoms with E-state index in [1.165, 1.54) is 90.6 Å². The smallest absolute Gasteiger partial charge is 0.374 e. The normalized spacial score (nSPS) is 10.8. The number of rotatable bonds is 17. The zero-order valence-corrected chi connectivity index (χ0v) is 16.9. The van der Waals surface area contributed by atoms with Crippen LogP contribution in [0, 0.1) is 0 Å². The van der Waals surface area contributed by atoms with Crippen LogP contribution in [0.25, 0.3) is 0 Å². The standard InChI is InChI=1S/C22H38O4/c1-3-4-5-6-7-8-9-10-11-12-13-14-15-16-19-25-21-18-17-20(26-21)22(23)24-2/h17-18H,3-16,19H2,1-2H3. The zero-order chi connectivity index (χ0) is 18.9. The van der Waals surface area contributed by atoms with E-state index in [1.54, 1.807) is 12.1 Å². The summed E-state index contributed by atoms with van der Waals surface area (Å²) in [6.45, 7) is 2.90. The molecule has 150 valence electrons. The van der Waals surface area contributed by atoms with Gasteiger partial charge >= 0.3 is 5.97 Å². The van der Waals surface area contributed by atoms with Crippen LogP contribution in [-0.2, 0) is 4.74 Å². The van der Waals surface area contributed by atoms with Gasteiger partial charge in [0.2, 0.25) is 5.76 Å². The van der Waals surface area contributed by atoms with Crippen LogP contribution >= 0.6 is 0 Å². The molecule has 0 radical (unpaired) electrons. The Hall–Kier alpha value is -1.45. The number of carbonyl (C=O) groups is 1. The van der Waals surface area contributed by atoms with Crippen molar-refractivity contribution in [3.8, 4) is 5.95 Å². The molecule has 0 bridgehead atoms. The highest BCUT2D eigenvalue weighted by molar-refractivity contribution is 5.86. The number of carbonyl (C=O) groups excluding carboxylic acids is 1. The van der Waals surface area contributed by atoms with Gasteiger partial charge in [-0.3, -0.25) is 0 Å². The molecule has 0 N–H and O–H groups in total. The van der Waals surface area contributed by atoms with Crippen molar-refractivity contribution in [2.45, 2.75) is 96.8 Å². The van der Waals surface area contributed by atoms with E-state index in [1.807, 2.05) is 0 Å². The molecule has 1 heterocycles. The van der Waals surface area contributed by atoms with E-state index in [4.69, 9.17) is 9.15 Å². The maximum atomic E-state index is 11.3. The molecular formula is C22H38O4. The van der Waals surface area contributed by atoms with Crippen molar-refractivity contribution in [2.75, 3.05) is 13.7 Å². The summed E-state index contributed by atoms with van der Waals surface area (Å²) in [7, 11) is 1.33. The third kappa shape index (κ3) is 11.2. The second-order valence-electron chi connectivity index (χ2n) is 7.05. The maximum Gasteiger partial charge on any atom is 0.374 e. The molecule has 1 aromatic heterocycles. The molecule has 0 aliphatic heterocycles. The molecule has 0 saturated carbocycles. The summed E-state index contributed by atoms with van der Waals surface area (Å²) >= 11 is 0. The Balaban J connectivity index is 1.82. The number of furan rings is 1. The van der Waals surface area contributed by atoms with Gasteiger partial charge in [-0.2, -0.15) is 0 Å². The van der Waals surface area contributed by atoms with E-state index in [2.05, 4.69) is 11.7 Å². The Morgan fingerprint density at radius 1 is 0.808 bits per heavy atom. The number of hydrogen-bond acceptors (Lipinski definition) is 4. The fourth-order valence-corrected chi connectivity index (χ4v) is 3.08. The van der Waals surface area contributed by atoms with Crippen LogP contribution in [0.3, 0.4) is 0 Å². The predicted molar refractivity (Wildman–Crippen MR) is 106 cm³/mol. The molecule has 0 unspecified atom stereocenters. The number of methoxy groups -OCH3 is 1. The van der Waals surface area contributed by atoms with Gasteiger partial charge in [-0.25, -0.2) is 4.79 Å². The summed E-state index contributed by atoms with van der Waals surface area (Å²) < 4.78 is 15.4. The summed E-state index contributed by atoms with van der Waals surface area (Å²) in [5.41, 5.74) is 0. The molecule has 4 nitrogen and oxygen atoms in total. The summed E-state index contributed by atoms with van der Waals surface area (Å²) in [5.74, 6) is 0.0971. The lowest BCUT2D eigenvalue weighted by Gasteiger charge is -2.04. The van der Waals surface area contributed by atoms with E-state index in [-0.39, 0.29) is 5.76 Å². The largest absolute Gasteiger partial charge is 0.465 e.